The normalized spacial score (nSPS) is 11.7. The molecule has 0 saturated heterocycles. The molecule has 0 fully saturated rings. The van der Waals surface area contributed by atoms with Crippen LogP contribution in [-0.2, 0) is 24.9 Å². The van der Waals surface area contributed by atoms with Gasteiger partial charge in [-0.2, -0.15) is 0 Å². The van der Waals surface area contributed by atoms with Gasteiger partial charge >= 0.3 is 0 Å². The molecule has 0 aliphatic rings. The van der Waals surface area contributed by atoms with Crippen molar-refractivity contribution in [3.8, 4) is 5.75 Å². The molecule has 2 N–H and O–H groups in total. The van der Waals surface area contributed by atoms with Gasteiger partial charge in [0.25, 0.3) is 0 Å². The number of imidazole rings is 1. The number of rotatable bonds is 10. The summed E-state index contributed by atoms with van der Waals surface area (Å²) >= 11 is 0. The highest BCUT2D eigenvalue weighted by Crippen LogP contribution is 2.21. The van der Waals surface area contributed by atoms with E-state index >= 15 is 0 Å². The van der Waals surface area contributed by atoms with Gasteiger partial charge in [0.1, 0.15) is 18.2 Å². The maximum Gasteiger partial charge on any atom is 0.191 e. The second-order valence-electron chi connectivity index (χ2n) is 7.28. The van der Waals surface area contributed by atoms with Gasteiger partial charge in [0.15, 0.2) is 5.96 Å². The number of nitrogens with one attached hydrogen (secondary N) is 2. The van der Waals surface area contributed by atoms with Crippen molar-refractivity contribution in [1.82, 2.24) is 20.2 Å². The molecule has 31 heavy (non-hydrogen) atoms. The molecule has 166 valence electrons. The van der Waals surface area contributed by atoms with Gasteiger partial charge in [-0.05, 0) is 44.5 Å². The SMILES string of the molecule is CCNC(=NCc1ccc(C)cc1OCCOCC)NCc1nc2ccccc2n1C. The Morgan fingerprint density at radius 1 is 1.10 bits per heavy atom. The molecule has 0 aliphatic heterocycles. The number of aromatic nitrogens is 2. The van der Waals surface area contributed by atoms with Gasteiger partial charge in [0, 0.05) is 25.8 Å². The summed E-state index contributed by atoms with van der Waals surface area (Å²) in [5, 5.41) is 6.70. The summed E-state index contributed by atoms with van der Waals surface area (Å²) in [4.78, 5) is 9.48. The largest absolute Gasteiger partial charge is 0.491 e. The van der Waals surface area contributed by atoms with Crippen molar-refractivity contribution in [3.05, 3.63) is 59.4 Å². The fourth-order valence-corrected chi connectivity index (χ4v) is 3.30. The van der Waals surface area contributed by atoms with Crippen molar-refractivity contribution < 1.29 is 9.47 Å². The molecule has 3 aromatic rings. The van der Waals surface area contributed by atoms with E-state index in [2.05, 4.69) is 53.3 Å². The molecule has 0 spiro atoms. The molecule has 0 radical (unpaired) electrons. The van der Waals surface area contributed by atoms with Crippen LogP contribution in [0.25, 0.3) is 11.0 Å². The van der Waals surface area contributed by atoms with Gasteiger partial charge in [0.05, 0.1) is 30.7 Å². The monoisotopic (exact) mass is 423 g/mol. The number of benzene rings is 2. The highest BCUT2D eigenvalue weighted by molar-refractivity contribution is 5.80. The predicted molar refractivity (Wildman–Crippen MR) is 126 cm³/mol. The average molecular weight is 424 g/mol. The molecule has 1 aromatic heterocycles. The minimum atomic E-state index is 0.516. The highest BCUT2D eigenvalue weighted by Gasteiger charge is 2.09. The molecular weight excluding hydrogens is 390 g/mol. The van der Waals surface area contributed by atoms with E-state index in [1.54, 1.807) is 0 Å². The number of ether oxygens (including phenoxy) is 2. The van der Waals surface area contributed by atoms with E-state index in [1.165, 1.54) is 0 Å². The summed E-state index contributed by atoms with van der Waals surface area (Å²) < 4.78 is 13.4. The van der Waals surface area contributed by atoms with E-state index in [0.717, 1.165) is 46.2 Å². The Hall–Kier alpha value is -3.06. The van der Waals surface area contributed by atoms with Crippen LogP contribution in [-0.4, -0.2) is 41.9 Å². The van der Waals surface area contributed by atoms with Gasteiger partial charge in [0.2, 0.25) is 0 Å². The minimum absolute atomic E-state index is 0.516. The first-order chi connectivity index (χ1) is 15.1. The fraction of sp³-hybridized carbons (Fsp3) is 0.417. The van der Waals surface area contributed by atoms with Crippen LogP contribution in [0.2, 0.25) is 0 Å². The van der Waals surface area contributed by atoms with Crippen molar-refractivity contribution in [3.63, 3.8) is 0 Å². The maximum atomic E-state index is 5.94. The maximum absolute atomic E-state index is 5.94. The Morgan fingerprint density at radius 3 is 2.71 bits per heavy atom. The van der Waals surface area contributed by atoms with E-state index in [9.17, 15) is 0 Å². The van der Waals surface area contributed by atoms with E-state index < -0.39 is 0 Å². The standard InChI is InChI=1S/C24H33N5O2/c1-5-25-24(27-17-23-28-20-9-7-8-10-21(20)29(23)4)26-16-19-12-11-18(3)15-22(19)31-14-13-30-6-2/h7-12,15H,5-6,13-14,16-17H2,1-4H3,(H2,25,26,27). The second-order valence-corrected chi connectivity index (χ2v) is 7.28. The third kappa shape index (κ3) is 6.21. The Bertz CT molecular complexity index is 1010. The second kappa shape index (κ2) is 11.4. The van der Waals surface area contributed by atoms with Crippen molar-refractivity contribution in [2.24, 2.45) is 12.0 Å². The summed E-state index contributed by atoms with van der Waals surface area (Å²) in [6.45, 7) is 9.78. The minimum Gasteiger partial charge on any atom is -0.491 e. The highest BCUT2D eigenvalue weighted by atomic mass is 16.5. The molecule has 0 saturated carbocycles. The number of guanidine groups is 1. The zero-order valence-corrected chi connectivity index (χ0v) is 18.9. The van der Waals surface area contributed by atoms with Crippen molar-refractivity contribution >= 4 is 17.0 Å². The molecule has 0 bridgehead atoms. The fourth-order valence-electron chi connectivity index (χ4n) is 3.30. The van der Waals surface area contributed by atoms with Crippen LogP contribution in [0.3, 0.4) is 0 Å². The van der Waals surface area contributed by atoms with Crippen LogP contribution < -0.4 is 15.4 Å². The molecule has 2 aromatic carbocycles. The van der Waals surface area contributed by atoms with Crippen molar-refractivity contribution in [1.29, 1.82) is 0 Å². The molecule has 0 amide bonds. The number of hydrogen-bond donors (Lipinski definition) is 2. The Balaban J connectivity index is 1.68. The summed E-state index contributed by atoms with van der Waals surface area (Å²) in [6, 6.07) is 14.4. The first-order valence-electron chi connectivity index (χ1n) is 10.8. The molecule has 1 heterocycles. The number of aliphatic imine (C=N–C) groups is 1. The number of hydrogen-bond acceptors (Lipinski definition) is 4. The molecule has 0 atom stereocenters. The van der Waals surface area contributed by atoms with E-state index in [-0.39, 0.29) is 0 Å². The molecule has 7 heteroatoms. The van der Waals surface area contributed by atoms with Crippen LogP contribution in [0.5, 0.6) is 5.75 Å². The smallest absolute Gasteiger partial charge is 0.191 e. The Morgan fingerprint density at radius 2 is 1.94 bits per heavy atom. The number of aryl methyl sites for hydroxylation is 2. The van der Waals surface area contributed by atoms with Gasteiger partial charge in [-0.25, -0.2) is 9.98 Å². The molecule has 0 unspecified atom stereocenters. The molecule has 3 rings (SSSR count). The van der Waals surface area contributed by atoms with Gasteiger partial charge in [-0.1, -0.05) is 24.3 Å². The van der Waals surface area contributed by atoms with Gasteiger partial charge in [-0.3, -0.25) is 0 Å². The van der Waals surface area contributed by atoms with E-state index in [1.807, 2.05) is 32.2 Å². The third-order valence-electron chi connectivity index (χ3n) is 4.96. The Labute approximate surface area is 184 Å². The Kier molecular flexibility index (Phi) is 8.29. The van der Waals surface area contributed by atoms with Gasteiger partial charge < -0.3 is 24.7 Å². The number of nitrogens with zero attached hydrogens (tertiary/aromatic N) is 3. The first kappa shape index (κ1) is 22.6. The van der Waals surface area contributed by atoms with Crippen molar-refractivity contribution in [2.75, 3.05) is 26.4 Å². The zero-order valence-electron chi connectivity index (χ0n) is 18.9. The molecule has 7 nitrogen and oxygen atoms in total. The average Bonchev–Trinajstić information content (AvgIpc) is 3.10. The quantitative estimate of drug-likeness (QED) is 0.296. The van der Waals surface area contributed by atoms with Crippen LogP contribution in [0.4, 0.5) is 0 Å². The van der Waals surface area contributed by atoms with Gasteiger partial charge in [-0.15, -0.1) is 0 Å². The lowest BCUT2D eigenvalue weighted by Gasteiger charge is -2.14. The van der Waals surface area contributed by atoms with Crippen LogP contribution in [0.15, 0.2) is 47.5 Å². The topological polar surface area (TPSA) is 72.7 Å². The molecular formula is C24H33N5O2. The molecule has 0 aliphatic carbocycles. The van der Waals surface area contributed by atoms with Crippen LogP contribution >= 0.6 is 0 Å². The lowest BCUT2D eigenvalue weighted by atomic mass is 10.1. The van der Waals surface area contributed by atoms with Crippen LogP contribution in [0, 0.1) is 6.92 Å². The first-order valence-corrected chi connectivity index (χ1v) is 10.8. The van der Waals surface area contributed by atoms with Crippen LogP contribution in [0.1, 0.15) is 30.8 Å². The van der Waals surface area contributed by atoms with E-state index in [0.29, 0.717) is 32.9 Å². The van der Waals surface area contributed by atoms with Crippen molar-refractivity contribution in [2.45, 2.75) is 33.9 Å². The summed E-state index contributed by atoms with van der Waals surface area (Å²) in [7, 11) is 2.04. The zero-order chi connectivity index (χ0) is 22.1. The summed E-state index contributed by atoms with van der Waals surface area (Å²) in [6.07, 6.45) is 0. The van der Waals surface area contributed by atoms with E-state index in [4.69, 9.17) is 19.5 Å². The third-order valence-corrected chi connectivity index (χ3v) is 4.96. The number of para-hydroxylation sites is 2. The lowest BCUT2D eigenvalue weighted by Crippen LogP contribution is -2.37. The summed E-state index contributed by atoms with van der Waals surface area (Å²) in [5.41, 5.74) is 4.32. The summed E-state index contributed by atoms with van der Waals surface area (Å²) in [5.74, 6) is 2.56. The predicted octanol–water partition coefficient (Wildman–Crippen LogP) is 3.55. The number of fused-ring (bicyclic) bond motifs is 1. The lowest BCUT2D eigenvalue weighted by molar-refractivity contribution is 0.110.